The minimum atomic E-state index is -0.336. The van der Waals surface area contributed by atoms with E-state index in [9.17, 15) is 9.59 Å². The van der Waals surface area contributed by atoms with Gasteiger partial charge in [0.2, 0.25) is 0 Å². The van der Waals surface area contributed by atoms with E-state index in [1.807, 2.05) is 18.2 Å². The van der Waals surface area contributed by atoms with Crippen molar-refractivity contribution in [3.63, 3.8) is 0 Å². The van der Waals surface area contributed by atoms with E-state index < -0.39 is 0 Å². The summed E-state index contributed by atoms with van der Waals surface area (Å²) >= 11 is 0. The molecule has 1 aliphatic heterocycles. The number of carbonyl (C=O) groups excluding carboxylic acids is 2. The van der Waals surface area contributed by atoms with Gasteiger partial charge in [-0.15, -0.1) is 0 Å². The predicted molar refractivity (Wildman–Crippen MR) is 119 cm³/mol. The third-order valence-electron chi connectivity index (χ3n) is 5.57. The molecule has 7 nitrogen and oxygen atoms in total. The van der Waals surface area contributed by atoms with Gasteiger partial charge in [-0.25, -0.2) is 4.98 Å². The summed E-state index contributed by atoms with van der Waals surface area (Å²) in [7, 11) is 0. The Hall–Kier alpha value is -3.19. The van der Waals surface area contributed by atoms with Gasteiger partial charge in [-0.2, -0.15) is 0 Å². The van der Waals surface area contributed by atoms with Gasteiger partial charge in [0.05, 0.1) is 32.3 Å². The second kappa shape index (κ2) is 10.4. The molecule has 1 amide bonds. The molecule has 0 saturated carbocycles. The van der Waals surface area contributed by atoms with Crippen molar-refractivity contribution in [1.29, 1.82) is 0 Å². The fourth-order valence-electron chi connectivity index (χ4n) is 3.97. The maximum absolute atomic E-state index is 13.2. The number of aromatic nitrogens is 1. The first-order chi connectivity index (χ1) is 15.6. The number of carbonyl (C=O) groups is 2. The number of rotatable bonds is 8. The minimum absolute atomic E-state index is 0.122. The Morgan fingerprint density at radius 1 is 1.16 bits per heavy atom. The maximum Gasteiger partial charge on any atom is 0.307 e. The van der Waals surface area contributed by atoms with Crippen LogP contribution in [-0.4, -0.2) is 54.2 Å². The minimum Gasteiger partial charge on any atom is -0.466 e. The molecule has 2 aromatic carbocycles. The van der Waals surface area contributed by atoms with Gasteiger partial charge in [-0.1, -0.05) is 30.3 Å². The second-order valence-electron chi connectivity index (χ2n) is 7.87. The number of esters is 1. The van der Waals surface area contributed by atoms with Crippen LogP contribution in [0.15, 0.2) is 52.9 Å². The van der Waals surface area contributed by atoms with Crippen molar-refractivity contribution in [3.05, 3.63) is 65.5 Å². The summed E-state index contributed by atoms with van der Waals surface area (Å²) in [5.41, 5.74) is 3.15. The van der Waals surface area contributed by atoms with Crippen LogP contribution >= 0.6 is 0 Å². The molecular formula is C25H28N2O5. The fourth-order valence-corrected chi connectivity index (χ4v) is 3.97. The molecule has 168 valence electrons. The molecule has 1 aromatic heterocycles. The number of aryl methyl sites for hydroxylation is 2. The average molecular weight is 437 g/mol. The van der Waals surface area contributed by atoms with Crippen molar-refractivity contribution < 1.29 is 23.5 Å². The van der Waals surface area contributed by atoms with Gasteiger partial charge in [0, 0.05) is 18.5 Å². The van der Waals surface area contributed by atoms with E-state index >= 15 is 0 Å². The molecule has 1 atom stereocenters. The lowest BCUT2D eigenvalue weighted by Gasteiger charge is -2.35. The second-order valence-corrected chi connectivity index (χ2v) is 7.87. The summed E-state index contributed by atoms with van der Waals surface area (Å²) in [5.74, 6) is 0.207. The van der Waals surface area contributed by atoms with Gasteiger partial charge in [0.25, 0.3) is 5.91 Å². The van der Waals surface area contributed by atoms with Crippen LogP contribution in [0.5, 0.6) is 0 Å². The summed E-state index contributed by atoms with van der Waals surface area (Å²) in [6.45, 7) is 3.29. The summed E-state index contributed by atoms with van der Waals surface area (Å²) in [6, 6.07) is 15.3. The Kier molecular flexibility index (Phi) is 7.17. The average Bonchev–Trinajstić information content (AvgIpc) is 3.22. The van der Waals surface area contributed by atoms with Crippen LogP contribution in [0.1, 0.15) is 41.6 Å². The van der Waals surface area contributed by atoms with E-state index in [1.54, 1.807) is 30.0 Å². The van der Waals surface area contributed by atoms with E-state index in [2.05, 4.69) is 17.1 Å². The van der Waals surface area contributed by atoms with E-state index in [-0.39, 0.29) is 24.3 Å². The first kappa shape index (κ1) is 22.0. The van der Waals surface area contributed by atoms with Crippen molar-refractivity contribution in [2.24, 2.45) is 0 Å². The van der Waals surface area contributed by atoms with Crippen LogP contribution in [0, 0.1) is 0 Å². The van der Waals surface area contributed by atoms with E-state index in [4.69, 9.17) is 13.9 Å². The molecule has 7 heteroatoms. The summed E-state index contributed by atoms with van der Waals surface area (Å²) in [4.78, 5) is 31.4. The molecule has 2 heterocycles. The molecule has 0 N–H and O–H groups in total. The van der Waals surface area contributed by atoms with Crippen molar-refractivity contribution in [1.82, 2.24) is 9.88 Å². The summed E-state index contributed by atoms with van der Waals surface area (Å²) < 4.78 is 16.4. The van der Waals surface area contributed by atoms with Gasteiger partial charge in [-0.3, -0.25) is 9.59 Å². The number of benzene rings is 2. The molecule has 0 aliphatic carbocycles. The first-order valence-corrected chi connectivity index (χ1v) is 11.1. The molecule has 1 saturated heterocycles. The van der Waals surface area contributed by atoms with Gasteiger partial charge < -0.3 is 18.8 Å². The van der Waals surface area contributed by atoms with E-state index in [0.717, 1.165) is 19.3 Å². The number of morpholine rings is 1. The molecule has 3 aromatic rings. The highest BCUT2D eigenvalue weighted by molar-refractivity contribution is 5.97. The van der Waals surface area contributed by atoms with Crippen LogP contribution in [0.2, 0.25) is 0 Å². The van der Waals surface area contributed by atoms with Crippen molar-refractivity contribution in [3.8, 4) is 0 Å². The lowest BCUT2D eigenvalue weighted by Crippen LogP contribution is -2.49. The van der Waals surface area contributed by atoms with Gasteiger partial charge >= 0.3 is 5.97 Å². The number of amides is 1. The molecule has 0 radical (unpaired) electrons. The van der Waals surface area contributed by atoms with Crippen molar-refractivity contribution >= 4 is 23.0 Å². The highest BCUT2D eigenvalue weighted by Gasteiger charge is 2.30. The zero-order valence-corrected chi connectivity index (χ0v) is 18.3. The number of hydrogen-bond acceptors (Lipinski definition) is 6. The quantitative estimate of drug-likeness (QED) is 0.500. The lowest BCUT2D eigenvalue weighted by atomic mass is 10.1. The highest BCUT2D eigenvalue weighted by atomic mass is 16.5. The number of ether oxygens (including phenoxy) is 2. The van der Waals surface area contributed by atoms with Crippen LogP contribution in [0.3, 0.4) is 0 Å². The molecule has 1 fully saturated rings. The highest BCUT2D eigenvalue weighted by Crippen LogP contribution is 2.22. The normalized spacial score (nSPS) is 16.3. The first-order valence-electron chi connectivity index (χ1n) is 11.1. The molecule has 4 rings (SSSR count). The van der Waals surface area contributed by atoms with Crippen LogP contribution in [0.25, 0.3) is 11.1 Å². The molecule has 0 bridgehead atoms. The van der Waals surface area contributed by atoms with Gasteiger partial charge in [0.1, 0.15) is 5.52 Å². The lowest BCUT2D eigenvalue weighted by molar-refractivity contribution is -0.145. The standard InChI is InChI=1S/C25H28N2O5/c1-2-31-24(28)16-20-17-30-14-13-27(20)25(29)19-11-12-22-21(15-19)26-23(32-22)10-6-9-18-7-4-3-5-8-18/h3-5,7-8,11-12,15,20H,2,6,9-10,13-14,16-17H2,1H3. The summed E-state index contributed by atoms with van der Waals surface area (Å²) in [5, 5.41) is 0. The van der Waals surface area contributed by atoms with Crippen LogP contribution < -0.4 is 0 Å². The Morgan fingerprint density at radius 3 is 2.81 bits per heavy atom. The number of nitrogens with zero attached hydrogens (tertiary/aromatic N) is 2. The van der Waals surface area contributed by atoms with Crippen molar-refractivity contribution in [2.45, 2.75) is 38.6 Å². The third-order valence-corrected chi connectivity index (χ3v) is 5.57. The largest absolute Gasteiger partial charge is 0.466 e. The SMILES string of the molecule is CCOC(=O)CC1COCCN1C(=O)c1ccc2oc(CCCc3ccccc3)nc2c1. The van der Waals surface area contributed by atoms with E-state index in [1.165, 1.54) is 5.56 Å². The molecule has 1 unspecified atom stereocenters. The maximum atomic E-state index is 13.2. The number of hydrogen-bond donors (Lipinski definition) is 0. The molecule has 32 heavy (non-hydrogen) atoms. The molecule has 1 aliphatic rings. The third kappa shape index (κ3) is 5.34. The van der Waals surface area contributed by atoms with Crippen molar-refractivity contribution in [2.75, 3.05) is 26.4 Å². The topological polar surface area (TPSA) is 81.9 Å². The Labute approximate surface area is 187 Å². The van der Waals surface area contributed by atoms with E-state index in [0.29, 0.717) is 48.9 Å². The zero-order valence-electron chi connectivity index (χ0n) is 18.3. The Bertz CT molecular complexity index is 1060. The predicted octanol–water partition coefficient (Wildman–Crippen LogP) is 3.80. The van der Waals surface area contributed by atoms with Crippen LogP contribution in [0.4, 0.5) is 0 Å². The van der Waals surface area contributed by atoms with Crippen LogP contribution in [-0.2, 0) is 27.1 Å². The summed E-state index contributed by atoms with van der Waals surface area (Å²) in [6.07, 6.45) is 2.75. The Morgan fingerprint density at radius 2 is 2.00 bits per heavy atom. The molecular weight excluding hydrogens is 408 g/mol. The van der Waals surface area contributed by atoms with Gasteiger partial charge in [-0.05, 0) is 43.5 Å². The zero-order chi connectivity index (χ0) is 22.3. The fraction of sp³-hybridized carbons (Fsp3) is 0.400. The number of oxazole rings is 1. The Balaban J connectivity index is 1.43. The molecule has 0 spiro atoms. The monoisotopic (exact) mass is 436 g/mol. The van der Waals surface area contributed by atoms with Gasteiger partial charge in [0.15, 0.2) is 11.5 Å². The number of fused-ring (bicyclic) bond motifs is 1. The smallest absolute Gasteiger partial charge is 0.307 e.